The van der Waals surface area contributed by atoms with Crippen LogP contribution in [0, 0.1) is 0 Å². The fourth-order valence-electron chi connectivity index (χ4n) is 2.98. The highest BCUT2D eigenvalue weighted by atomic mass is 79.9. The minimum Gasteiger partial charge on any atom is -0.325 e. The number of hydrogen-bond donors (Lipinski definition) is 1. The number of halogens is 1. The maximum atomic E-state index is 12.4. The zero-order valence-electron chi connectivity index (χ0n) is 12.6. The zero-order chi connectivity index (χ0) is 15.5. The lowest BCUT2D eigenvalue weighted by molar-refractivity contribution is -0.117. The molecule has 0 aromatic heterocycles. The van der Waals surface area contributed by atoms with Crippen LogP contribution in [0.4, 0.5) is 5.69 Å². The number of nitrogens with one attached hydrogen (secondary N) is 1. The van der Waals surface area contributed by atoms with Crippen LogP contribution >= 0.6 is 15.9 Å². The Labute approximate surface area is 139 Å². The van der Waals surface area contributed by atoms with Crippen LogP contribution in [0.1, 0.15) is 23.6 Å². The Morgan fingerprint density at radius 1 is 1.23 bits per heavy atom. The molecule has 1 N–H and O–H groups in total. The number of likely N-dealkylation sites (N-methyl/N-ethyl adjacent to an activating group) is 1. The van der Waals surface area contributed by atoms with Crippen molar-refractivity contribution >= 4 is 27.5 Å². The fourth-order valence-corrected chi connectivity index (χ4v) is 3.37. The van der Waals surface area contributed by atoms with Gasteiger partial charge in [-0.3, -0.25) is 9.69 Å². The molecule has 0 saturated carbocycles. The number of anilines is 1. The predicted octanol–water partition coefficient (Wildman–Crippen LogP) is 4.01. The van der Waals surface area contributed by atoms with Crippen LogP contribution < -0.4 is 5.32 Å². The van der Waals surface area contributed by atoms with Crippen molar-refractivity contribution in [3.05, 3.63) is 64.1 Å². The van der Waals surface area contributed by atoms with Gasteiger partial charge in [-0.05, 0) is 52.7 Å². The standard InChI is InChI=1S/C18H19BrN2O/c1-21-11-10-13-6-2-3-7-14(13)17(21)12-18(22)20-16-9-5-4-8-15(16)19/h2-9,17H,10-12H2,1H3,(H,20,22). The maximum absolute atomic E-state index is 12.4. The number of carbonyl (C=O) groups is 1. The van der Waals surface area contributed by atoms with Gasteiger partial charge < -0.3 is 5.32 Å². The van der Waals surface area contributed by atoms with Crippen molar-refractivity contribution in [3.63, 3.8) is 0 Å². The molecule has 0 radical (unpaired) electrons. The van der Waals surface area contributed by atoms with Crippen molar-refractivity contribution in [2.75, 3.05) is 18.9 Å². The first-order valence-electron chi connectivity index (χ1n) is 7.47. The number of carbonyl (C=O) groups excluding carboxylic acids is 1. The Balaban J connectivity index is 1.75. The lowest BCUT2D eigenvalue weighted by Crippen LogP contribution is -2.34. The van der Waals surface area contributed by atoms with Gasteiger partial charge in [-0.15, -0.1) is 0 Å². The molecule has 1 atom stereocenters. The lowest BCUT2D eigenvalue weighted by atomic mass is 9.91. The third kappa shape index (κ3) is 3.23. The summed E-state index contributed by atoms with van der Waals surface area (Å²) in [6.45, 7) is 0.990. The van der Waals surface area contributed by atoms with Crippen LogP contribution in [0.3, 0.4) is 0 Å². The molecule has 1 aliphatic heterocycles. The van der Waals surface area contributed by atoms with Crippen molar-refractivity contribution in [3.8, 4) is 0 Å². The van der Waals surface area contributed by atoms with Gasteiger partial charge in [0.05, 0.1) is 5.69 Å². The molecule has 2 aromatic rings. The lowest BCUT2D eigenvalue weighted by Gasteiger charge is -2.34. The molecule has 1 amide bonds. The predicted molar refractivity (Wildman–Crippen MR) is 92.9 cm³/mol. The minimum absolute atomic E-state index is 0.0421. The Bertz CT molecular complexity index is 686. The Morgan fingerprint density at radius 2 is 1.95 bits per heavy atom. The number of amides is 1. The van der Waals surface area contributed by atoms with Crippen molar-refractivity contribution < 1.29 is 4.79 Å². The summed E-state index contributed by atoms with van der Waals surface area (Å²) in [4.78, 5) is 14.7. The summed E-state index contributed by atoms with van der Waals surface area (Å²) in [7, 11) is 2.09. The molecule has 114 valence electrons. The van der Waals surface area contributed by atoms with Crippen LogP contribution in [-0.4, -0.2) is 24.4 Å². The van der Waals surface area contributed by atoms with E-state index in [4.69, 9.17) is 0 Å². The number of hydrogen-bond acceptors (Lipinski definition) is 2. The summed E-state index contributed by atoms with van der Waals surface area (Å²) in [5.41, 5.74) is 3.46. The zero-order valence-corrected chi connectivity index (χ0v) is 14.1. The average Bonchev–Trinajstić information content (AvgIpc) is 2.52. The second-order valence-electron chi connectivity index (χ2n) is 5.68. The van der Waals surface area contributed by atoms with E-state index in [2.05, 4.69) is 57.5 Å². The first kappa shape index (κ1) is 15.3. The molecular formula is C18H19BrN2O. The average molecular weight is 359 g/mol. The SMILES string of the molecule is CN1CCc2ccccc2C1CC(=O)Nc1ccccc1Br. The summed E-state index contributed by atoms with van der Waals surface area (Å²) < 4.78 is 0.903. The quantitative estimate of drug-likeness (QED) is 0.898. The van der Waals surface area contributed by atoms with Crippen molar-refractivity contribution in [2.45, 2.75) is 18.9 Å². The topological polar surface area (TPSA) is 32.3 Å². The van der Waals surface area contributed by atoms with E-state index >= 15 is 0 Å². The summed E-state index contributed by atoms with van der Waals surface area (Å²) >= 11 is 3.46. The van der Waals surface area contributed by atoms with Crippen molar-refractivity contribution in [1.82, 2.24) is 4.90 Å². The van der Waals surface area contributed by atoms with Crippen LogP contribution in [0.25, 0.3) is 0 Å². The van der Waals surface area contributed by atoms with Gasteiger partial charge in [-0.2, -0.15) is 0 Å². The molecule has 3 rings (SSSR count). The Hall–Kier alpha value is -1.65. The van der Waals surface area contributed by atoms with E-state index in [1.807, 2.05) is 24.3 Å². The molecular weight excluding hydrogens is 340 g/mol. The van der Waals surface area contributed by atoms with E-state index in [-0.39, 0.29) is 11.9 Å². The molecule has 22 heavy (non-hydrogen) atoms. The van der Waals surface area contributed by atoms with E-state index in [0.717, 1.165) is 23.1 Å². The normalized spacial score (nSPS) is 17.8. The molecule has 0 bridgehead atoms. The maximum Gasteiger partial charge on any atom is 0.226 e. The molecule has 3 nitrogen and oxygen atoms in total. The van der Waals surface area contributed by atoms with E-state index in [1.54, 1.807) is 0 Å². The molecule has 1 unspecified atom stereocenters. The van der Waals surface area contributed by atoms with Crippen LogP contribution in [0.15, 0.2) is 53.0 Å². The van der Waals surface area contributed by atoms with Crippen molar-refractivity contribution in [1.29, 1.82) is 0 Å². The number of benzene rings is 2. The molecule has 1 aliphatic rings. The Morgan fingerprint density at radius 3 is 2.77 bits per heavy atom. The highest BCUT2D eigenvalue weighted by molar-refractivity contribution is 9.10. The monoisotopic (exact) mass is 358 g/mol. The van der Waals surface area contributed by atoms with Gasteiger partial charge >= 0.3 is 0 Å². The Kier molecular flexibility index (Phi) is 4.60. The van der Waals surface area contributed by atoms with Crippen LogP contribution in [0.5, 0.6) is 0 Å². The third-order valence-electron chi connectivity index (χ3n) is 4.21. The number of nitrogens with zero attached hydrogens (tertiary/aromatic N) is 1. The second kappa shape index (κ2) is 6.63. The second-order valence-corrected chi connectivity index (χ2v) is 6.53. The van der Waals surface area contributed by atoms with Crippen LogP contribution in [-0.2, 0) is 11.2 Å². The van der Waals surface area contributed by atoms with Crippen LogP contribution in [0.2, 0.25) is 0 Å². The first-order valence-corrected chi connectivity index (χ1v) is 8.27. The first-order chi connectivity index (χ1) is 10.6. The van der Waals surface area contributed by atoms with E-state index < -0.39 is 0 Å². The van der Waals surface area contributed by atoms with Crippen molar-refractivity contribution in [2.24, 2.45) is 0 Å². The van der Waals surface area contributed by atoms with Gasteiger partial charge in [0.2, 0.25) is 5.91 Å². The highest BCUT2D eigenvalue weighted by Gasteiger charge is 2.26. The molecule has 0 spiro atoms. The number of para-hydroxylation sites is 1. The number of fused-ring (bicyclic) bond motifs is 1. The molecule has 0 aliphatic carbocycles. The van der Waals surface area contributed by atoms with E-state index in [9.17, 15) is 4.79 Å². The summed E-state index contributed by atoms with van der Waals surface area (Å²) in [6, 6.07) is 16.3. The van der Waals surface area contributed by atoms with Gasteiger partial charge in [0, 0.05) is 23.5 Å². The summed E-state index contributed by atoms with van der Waals surface area (Å²) in [6.07, 6.45) is 1.52. The summed E-state index contributed by atoms with van der Waals surface area (Å²) in [5, 5.41) is 3.00. The van der Waals surface area contributed by atoms with E-state index in [0.29, 0.717) is 6.42 Å². The third-order valence-corrected chi connectivity index (χ3v) is 4.90. The van der Waals surface area contributed by atoms with Gasteiger partial charge in [-0.1, -0.05) is 36.4 Å². The molecule has 1 heterocycles. The molecule has 0 fully saturated rings. The largest absolute Gasteiger partial charge is 0.325 e. The van der Waals surface area contributed by atoms with E-state index in [1.165, 1.54) is 11.1 Å². The number of rotatable bonds is 3. The smallest absolute Gasteiger partial charge is 0.226 e. The van der Waals surface area contributed by atoms with Gasteiger partial charge in [-0.25, -0.2) is 0 Å². The highest BCUT2D eigenvalue weighted by Crippen LogP contribution is 2.31. The summed E-state index contributed by atoms with van der Waals surface area (Å²) in [5.74, 6) is 0.0421. The molecule has 2 aromatic carbocycles. The van der Waals surface area contributed by atoms with Gasteiger partial charge in [0.15, 0.2) is 0 Å². The van der Waals surface area contributed by atoms with Gasteiger partial charge in [0.1, 0.15) is 0 Å². The minimum atomic E-state index is 0.0421. The fraction of sp³-hybridized carbons (Fsp3) is 0.278. The van der Waals surface area contributed by atoms with Gasteiger partial charge in [0.25, 0.3) is 0 Å². The molecule has 0 saturated heterocycles. The molecule has 4 heteroatoms.